The molecule has 0 aliphatic carbocycles. The van der Waals surface area contributed by atoms with E-state index in [4.69, 9.17) is 5.11 Å². The van der Waals surface area contributed by atoms with Crippen LogP contribution in [0.4, 0.5) is 0 Å². The smallest absolute Gasteiger partial charge is 0.327 e. The minimum Gasteiger partial charge on any atom is -0.478 e. The fourth-order valence-electron chi connectivity index (χ4n) is 0.302. The average molecular weight is 113 g/mol. The normalized spacial score (nSPS) is 10.1. The van der Waals surface area contributed by atoms with Gasteiger partial charge in [0.05, 0.1) is 0 Å². The minimum atomic E-state index is -0.890. The van der Waals surface area contributed by atoms with Crippen molar-refractivity contribution in [3.63, 3.8) is 0 Å². The first-order valence-corrected chi connectivity index (χ1v) is 2.46. The molecule has 2 nitrogen and oxygen atoms in total. The number of carboxylic acid groups (broad SMARTS) is 1. The molecule has 0 bridgehead atoms. The molecule has 2 heteroatoms. The molecule has 0 aromatic carbocycles. The predicted octanol–water partition coefficient (Wildman–Crippen LogP) is 1.24. The Balaban J connectivity index is 3.20. The van der Waals surface area contributed by atoms with E-state index in [-0.39, 0.29) is 0 Å². The van der Waals surface area contributed by atoms with Gasteiger partial charge in [-0.1, -0.05) is 13.0 Å². The molecule has 0 rings (SSSR count). The maximum absolute atomic E-state index is 9.77. The van der Waals surface area contributed by atoms with Crippen LogP contribution in [0, 0.1) is 6.92 Å². The van der Waals surface area contributed by atoms with E-state index >= 15 is 0 Å². The van der Waals surface area contributed by atoms with Crippen LogP contribution in [0.2, 0.25) is 0 Å². The van der Waals surface area contributed by atoms with Crippen LogP contribution in [-0.4, -0.2) is 11.1 Å². The van der Waals surface area contributed by atoms with Crippen LogP contribution in [0.3, 0.4) is 0 Å². The summed E-state index contributed by atoms with van der Waals surface area (Å²) in [5.74, 6) is -0.890. The highest BCUT2D eigenvalue weighted by molar-refractivity contribution is 5.79. The Morgan fingerprint density at radius 2 is 2.38 bits per heavy atom. The monoisotopic (exact) mass is 113 g/mol. The van der Waals surface area contributed by atoms with E-state index in [1.165, 1.54) is 0 Å². The Hall–Kier alpha value is -0.790. The summed E-state index contributed by atoms with van der Waals surface area (Å²) in [7, 11) is 0. The molecule has 0 unspecified atom stereocenters. The first-order chi connectivity index (χ1) is 3.77. The summed E-state index contributed by atoms with van der Waals surface area (Å²) in [6, 6.07) is 0. The third kappa shape index (κ3) is 5.21. The summed E-state index contributed by atoms with van der Waals surface area (Å²) < 4.78 is 0. The van der Waals surface area contributed by atoms with E-state index in [1.807, 2.05) is 0 Å². The molecule has 0 amide bonds. The number of rotatable bonds is 3. The Labute approximate surface area is 48.8 Å². The molecule has 0 heterocycles. The van der Waals surface area contributed by atoms with Crippen LogP contribution in [0.5, 0.6) is 0 Å². The van der Waals surface area contributed by atoms with E-state index in [0.717, 1.165) is 18.9 Å². The fraction of sp³-hybridized carbons (Fsp3) is 0.333. The zero-order chi connectivity index (χ0) is 6.41. The number of unbranched alkanes of at least 4 members (excludes halogenated alkanes) is 1. The fourth-order valence-corrected chi connectivity index (χ4v) is 0.302. The van der Waals surface area contributed by atoms with Crippen molar-refractivity contribution in [3.8, 4) is 0 Å². The zero-order valence-corrected chi connectivity index (χ0v) is 4.63. The third-order valence-electron chi connectivity index (χ3n) is 0.631. The maximum atomic E-state index is 9.77. The molecule has 0 aliphatic rings. The Bertz CT molecular complexity index is 94.7. The van der Waals surface area contributed by atoms with Crippen molar-refractivity contribution in [2.45, 2.75) is 12.8 Å². The van der Waals surface area contributed by atoms with Gasteiger partial charge in [0.2, 0.25) is 0 Å². The van der Waals surface area contributed by atoms with E-state index in [1.54, 1.807) is 6.08 Å². The molecule has 0 saturated carbocycles. The Kier molecular flexibility index (Phi) is 3.94. The lowest BCUT2D eigenvalue weighted by Gasteiger charge is -1.79. The zero-order valence-electron chi connectivity index (χ0n) is 4.63. The van der Waals surface area contributed by atoms with Crippen molar-refractivity contribution in [2.75, 3.05) is 0 Å². The highest BCUT2D eigenvalue weighted by Crippen LogP contribution is 1.86. The van der Waals surface area contributed by atoms with Gasteiger partial charge < -0.3 is 5.11 Å². The molecule has 0 aliphatic heterocycles. The van der Waals surface area contributed by atoms with Crippen molar-refractivity contribution < 1.29 is 9.90 Å². The lowest BCUT2D eigenvalue weighted by atomic mass is 10.3. The Morgan fingerprint density at radius 1 is 1.75 bits per heavy atom. The van der Waals surface area contributed by atoms with Crippen molar-refractivity contribution in [1.29, 1.82) is 0 Å². The summed E-state index contributed by atoms with van der Waals surface area (Å²) in [6.45, 7) is 3.54. The second-order valence-corrected chi connectivity index (χ2v) is 1.38. The number of carbonyl (C=O) groups is 1. The molecule has 0 fully saturated rings. The number of carboxylic acids is 1. The van der Waals surface area contributed by atoms with Gasteiger partial charge in [-0.2, -0.15) is 0 Å². The molecule has 1 N–H and O–H groups in total. The second kappa shape index (κ2) is 4.37. The molecule has 0 aromatic rings. The SMILES string of the molecule is [CH2]CCC=CC(=O)O. The topological polar surface area (TPSA) is 37.3 Å². The van der Waals surface area contributed by atoms with E-state index < -0.39 is 5.97 Å². The number of aliphatic carboxylic acids is 1. The predicted molar refractivity (Wildman–Crippen MR) is 31.4 cm³/mol. The van der Waals surface area contributed by atoms with Gasteiger partial charge in [-0.25, -0.2) is 4.79 Å². The quantitative estimate of drug-likeness (QED) is 0.559. The summed E-state index contributed by atoms with van der Waals surface area (Å²) in [5, 5.41) is 8.03. The summed E-state index contributed by atoms with van der Waals surface area (Å²) >= 11 is 0. The van der Waals surface area contributed by atoms with E-state index in [0.29, 0.717) is 0 Å². The van der Waals surface area contributed by atoms with E-state index in [9.17, 15) is 4.79 Å². The van der Waals surface area contributed by atoms with Gasteiger partial charge in [0.1, 0.15) is 0 Å². The highest BCUT2D eigenvalue weighted by Gasteiger charge is 1.81. The number of hydrogen-bond acceptors (Lipinski definition) is 1. The van der Waals surface area contributed by atoms with Gasteiger partial charge in [0.25, 0.3) is 0 Å². The molecule has 1 radical (unpaired) electrons. The molecule has 0 atom stereocenters. The lowest BCUT2D eigenvalue weighted by Crippen LogP contribution is -1.84. The highest BCUT2D eigenvalue weighted by atomic mass is 16.4. The first-order valence-electron chi connectivity index (χ1n) is 2.46. The molecule has 8 heavy (non-hydrogen) atoms. The summed E-state index contributed by atoms with van der Waals surface area (Å²) in [6.07, 6.45) is 4.22. The van der Waals surface area contributed by atoms with Crippen LogP contribution < -0.4 is 0 Å². The van der Waals surface area contributed by atoms with Crippen molar-refractivity contribution in [3.05, 3.63) is 19.1 Å². The molecule has 0 aromatic heterocycles. The van der Waals surface area contributed by atoms with Crippen LogP contribution in [0.15, 0.2) is 12.2 Å². The standard InChI is InChI=1S/C6H9O2/c1-2-3-4-5-6(7)8/h4-5H,1-3H2,(H,7,8). The van der Waals surface area contributed by atoms with Crippen molar-refractivity contribution >= 4 is 5.97 Å². The lowest BCUT2D eigenvalue weighted by molar-refractivity contribution is -0.131. The van der Waals surface area contributed by atoms with Gasteiger partial charge in [-0.3, -0.25) is 0 Å². The van der Waals surface area contributed by atoms with Crippen LogP contribution >= 0.6 is 0 Å². The van der Waals surface area contributed by atoms with Gasteiger partial charge in [-0.15, -0.1) is 0 Å². The third-order valence-corrected chi connectivity index (χ3v) is 0.631. The van der Waals surface area contributed by atoms with Crippen LogP contribution in [-0.2, 0) is 4.79 Å². The summed E-state index contributed by atoms with van der Waals surface area (Å²) in [5.41, 5.74) is 0. The molecular weight excluding hydrogens is 104 g/mol. The van der Waals surface area contributed by atoms with Gasteiger partial charge in [-0.05, 0) is 12.8 Å². The molecule has 0 spiro atoms. The molecule has 0 saturated heterocycles. The number of hydrogen-bond donors (Lipinski definition) is 1. The largest absolute Gasteiger partial charge is 0.478 e. The van der Waals surface area contributed by atoms with Gasteiger partial charge >= 0.3 is 5.97 Å². The number of allylic oxidation sites excluding steroid dienone is 1. The molecule has 45 valence electrons. The van der Waals surface area contributed by atoms with E-state index in [2.05, 4.69) is 6.92 Å². The minimum absolute atomic E-state index is 0.742. The van der Waals surface area contributed by atoms with Crippen LogP contribution in [0.25, 0.3) is 0 Å². The van der Waals surface area contributed by atoms with Crippen molar-refractivity contribution in [1.82, 2.24) is 0 Å². The average Bonchev–Trinajstić information content (AvgIpc) is 1.66. The van der Waals surface area contributed by atoms with Crippen LogP contribution in [0.1, 0.15) is 12.8 Å². The second-order valence-electron chi connectivity index (χ2n) is 1.38. The van der Waals surface area contributed by atoms with Crippen molar-refractivity contribution in [2.24, 2.45) is 0 Å². The van der Waals surface area contributed by atoms with Gasteiger partial charge in [0, 0.05) is 6.08 Å². The Morgan fingerprint density at radius 3 is 2.75 bits per heavy atom. The first kappa shape index (κ1) is 7.21. The van der Waals surface area contributed by atoms with Gasteiger partial charge in [0.15, 0.2) is 0 Å². The maximum Gasteiger partial charge on any atom is 0.327 e. The molecular formula is C6H9O2. The summed E-state index contributed by atoms with van der Waals surface area (Å²) in [4.78, 5) is 9.77.